The zero-order chi connectivity index (χ0) is 44.9. The molecule has 62 heavy (non-hydrogen) atoms. The van der Waals surface area contributed by atoms with Crippen LogP contribution in [0.3, 0.4) is 0 Å². The van der Waals surface area contributed by atoms with Crippen LogP contribution in [0.25, 0.3) is 0 Å². The van der Waals surface area contributed by atoms with Crippen molar-refractivity contribution in [2.24, 2.45) is 0 Å². The maximum absolute atomic E-state index is 12.4. The molecule has 0 heterocycles. The van der Waals surface area contributed by atoms with Crippen LogP contribution in [0.5, 0.6) is 0 Å². The number of unbranched alkanes of at least 4 members (excludes halogenated alkanes) is 41. The van der Waals surface area contributed by atoms with Gasteiger partial charge in [0.2, 0.25) is 5.91 Å². The molecule has 0 aromatic heterocycles. The van der Waals surface area contributed by atoms with Crippen LogP contribution in [0.1, 0.15) is 309 Å². The summed E-state index contributed by atoms with van der Waals surface area (Å²) < 4.78 is 0. The fraction of sp³-hybridized carbons (Fsp3) is 0.879. The smallest absolute Gasteiger partial charge is 0.220 e. The van der Waals surface area contributed by atoms with Crippen molar-refractivity contribution >= 4 is 5.91 Å². The molecule has 4 heteroatoms. The molecule has 2 unspecified atom stereocenters. The minimum Gasteiger partial charge on any atom is -0.394 e. The Labute approximate surface area is 389 Å². The lowest BCUT2D eigenvalue weighted by Crippen LogP contribution is -2.45. The van der Waals surface area contributed by atoms with E-state index in [2.05, 4.69) is 43.5 Å². The van der Waals surface area contributed by atoms with Gasteiger partial charge in [-0.1, -0.05) is 294 Å². The van der Waals surface area contributed by atoms with E-state index in [1.54, 1.807) is 6.08 Å². The van der Waals surface area contributed by atoms with Gasteiger partial charge in [0, 0.05) is 6.42 Å². The first-order chi connectivity index (χ1) is 30.7. The summed E-state index contributed by atoms with van der Waals surface area (Å²) in [7, 11) is 0. The minimum absolute atomic E-state index is 0.0728. The highest BCUT2D eigenvalue weighted by molar-refractivity contribution is 5.76. The number of allylic oxidation sites excluding steroid dienone is 5. The molecular formula is C58H111NO3. The Morgan fingerprint density at radius 3 is 0.935 bits per heavy atom. The van der Waals surface area contributed by atoms with Crippen molar-refractivity contribution in [3.8, 4) is 0 Å². The fourth-order valence-electron chi connectivity index (χ4n) is 8.80. The molecule has 0 rings (SSSR count). The topological polar surface area (TPSA) is 69.6 Å². The molecule has 0 aliphatic rings. The van der Waals surface area contributed by atoms with Gasteiger partial charge in [0.15, 0.2) is 0 Å². The molecule has 0 bridgehead atoms. The van der Waals surface area contributed by atoms with Gasteiger partial charge in [-0.3, -0.25) is 4.79 Å². The van der Waals surface area contributed by atoms with E-state index >= 15 is 0 Å². The van der Waals surface area contributed by atoms with Gasteiger partial charge in [0.25, 0.3) is 0 Å². The van der Waals surface area contributed by atoms with E-state index in [1.165, 1.54) is 250 Å². The Morgan fingerprint density at radius 2 is 0.629 bits per heavy atom. The quantitative estimate of drug-likeness (QED) is 0.0421. The Hall–Kier alpha value is -1.39. The van der Waals surface area contributed by atoms with Crippen LogP contribution in [0.4, 0.5) is 0 Å². The molecule has 1 amide bonds. The van der Waals surface area contributed by atoms with Crippen LogP contribution in [0.2, 0.25) is 0 Å². The Bertz CT molecular complexity index is 943. The molecule has 0 aliphatic heterocycles. The standard InChI is InChI=1S/C58H111NO3/c1-3-5-7-9-11-13-15-17-19-21-23-24-25-26-27-28-29-30-31-32-33-34-36-37-39-41-43-45-47-49-51-53-57(61)56(55-60)59-58(62)54-52-50-48-46-44-42-40-38-35-22-20-18-16-14-12-10-8-6-4-2/h36-37,43,45,51,53,56-57,60-61H,3-35,38-42,44,46-50,52,54-55H2,1-2H3,(H,59,62)/b37-36+,45-43+,53-51+. The summed E-state index contributed by atoms with van der Waals surface area (Å²) in [4.78, 5) is 12.4. The fourth-order valence-corrected chi connectivity index (χ4v) is 8.80. The van der Waals surface area contributed by atoms with E-state index in [0.717, 1.165) is 38.5 Å². The van der Waals surface area contributed by atoms with Crippen LogP contribution >= 0.6 is 0 Å². The van der Waals surface area contributed by atoms with Gasteiger partial charge in [0.1, 0.15) is 0 Å². The van der Waals surface area contributed by atoms with Crippen molar-refractivity contribution in [2.75, 3.05) is 6.61 Å². The lowest BCUT2D eigenvalue weighted by atomic mass is 10.0. The number of hydrogen-bond acceptors (Lipinski definition) is 3. The number of carbonyl (C=O) groups excluding carboxylic acids is 1. The average Bonchev–Trinajstić information content (AvgIpc) is 3.28. The molecule has 0 fully saturated rings. The predicted molar refractivity (Wildman–Crippen MR) is 276 cm³/mol. The first-order valence-electron chi connectivity index (χ1n) is 28.2. The highest BCUT2D eigenvalue weighted by Gasteiger charge is 2.18. The van der Waals surface area contributed by atoms with Crippen molar-refractivity contribution < 1.29 is 15.0 Å². The molecule has 0 aromatic rings. The summed E-state index contributed by atoms with van der Waals surface area (Å²) in [5.74, 6) is -0.0728. The second-order valence-electron chi connectivity index (χ2n) is 19.3. The molecule has 0 aliphatic carbocycles. The van der Waals surface area contributed by atoms with Crippen LogP contribution in [-0.4, -0.2) is 34.9 Å². The Kier molecular flexibility index (Phi) is 52.7. The molecular weight excluding hydrogens is 759 g/mol. The highest BCUT2D eigenvalue weighted by Crippen LogP contribution is 2.17. The number of amides is 1. The van der Waals surface area contributed by atoms with Crippen molar-refractivity contribution in [1.82, 2.24) is 5.32 Å². The summed E-state index contributed by atoms with van der Waals surface area (Å²) in [5, 5.41) is 23.1. The third kappa shape index (κ3) is 49.6. The SMILES string of the molecule is CCCCCCCCCCCCCCCCCCCCCCC/C=C/CC/C=C/CC/C=C/C(O)C(CO)NC(=O)CCCCCCCCCCCCCCCCCCCCC. The van der Waals surface area contributed by atoms with E-state index in [-0.39, 0.29) is 12.5 Å². The van der Waals surface area contributed by atoms with E-state index in [9.17, 15) is 15.0 Å². The van der Waals surface area contributed by atoms with Gasteiger partial charge in [0.05, 0.1) is 18.8 Å². The summed E-state index contributed by atoms with van der Waals surface area (Å²) in [5.41, 5.74) is 0. The van der Waals surface area contributed by atoms with Crippen LogP contribution in [-0.2, 0) is 4.79 Å². The van der Waals surface area contributed by atoms with Gasteiger partial charge in [-0.05, 0) is 44.9 Å². The van der Waals surface area contributed by atoms with Crippen molar-refractivity contribution in [2.45, 2.75) is 321 Å². The molecule has 4 nitrogen and oxygen atoms in total. The molecule has 3 N–H and O–H groups in total. The lowest BCUT2D eigenvalue weighted by molar-refractivity contribution is -0.123. The maximum Gasteiger partial charge on any atom is 0.220 e. The van der Waals surface area contributed by atoms with E-state index in [0.29, 0.717) is 6.42 Å². The average molecular weight is 871 g/mol. The molecule has 0 aromatic carbocycles. The number of carbonyl (C=O) groups is 1. The largest absolute Gasteiger partial charge is 0.394 e. The molecule has 0 radical (unpaired) electrons. The number of aliphatic hydroxyl groups excluding tert-OH is 2. The third-order valence-corrected chi connectivity index (χ3v) is 13.1. The summed E-state index contributed by atoms with van der Waals surface area (Å²) in [6.45, 7) is 4.33. The number of nitrogens with one attached hydrogen (secondary N) is 1. The predicted octanol–water partition coefficient (Wildman–Crippen LogP) is 18.5. The molecule has 0 saturated heterocycles. The van der Waals surface area contributed by atoms with Crippen molar-refractivity contribution in [3.63, 3.8) is 0 Å². The number of aliphatic hydroxyl groups is 2. The van der Waals surface area contributed by atoms with Crippen molar-refractivity contribution in [3.05, 3.63) is 36.5 Å². The van der Waals surface area contributed by atoms with Crippen LogP contribution in [0, 0.1) is 0 Å². The Morgan fingerprint density at radius 1 is 0.371 bits per heavy atom. The van der Waals surface area contributed by atoms with Gasteiger partial charge in [-0.25, -0.2) is 0 Å². The monoisotopic (exact) mass is 870 g/mol. The van der Waals surface area contributed by atoms with Crippen molar-refractivity contribution in [1.29, 1.82) is 0 Å². The zero-order valence-corrected chi connectivity index (χ0v) is 42.2. The molecule has 2 atom stereocenters. The van der Waals surface area contributed by atoms with E-state index in [1.807, 2.05) is 6.08 Å². The minimum atomic E-state index is -0.869. The van der Waals surface area contributed by atoms with Gasteiger partial charge < -0.3 is 15.5 Å². The highest BCUT2D eigenvalue weighted by atomic mass is 16.3. The lowest BCUT2D eigenvalue weighted by Gasteiger charge is -2.19. The second kappa shape index (κ2) is 53.9. The van der Waals surface area contributed by atoms with Gasteiger partial charge in [-0.2, -0.15) is 0 Å². The third-order valence-electron chi connectivity index (χ3n) is 13.1. The second-order valence-corrected chi connectivity index (χ2v) is 19.3. The number of hydrogen-bond donors (Lipinski definition) is 3. The normalized spacial score (nSPS) is 13.0. The van der Waals surface area contributed by atoms with E-state index < -0.39 is 12.1 Å². The molecule has 366 valence electrons. The molecule has 0 spiro atoms. The van der Waals surface area contributed by atoms with Crippen LogP contribution < -0.4 is 5.32 Å². The van der Waals surface area contributed by atoms with Crippen LogP contribution in [0.15, 0.2) is 36.5 Å². The Balaban J connectivity index is 3.52. The maximum atomic E-state index is 12.4. The zero-order valence-electron chi connectivity index (χ0n) is 42.2. The van der Waals surface area contributed by atoms with Gasteiger partial charge >= 0.3 is 0 Å². The summed E-state index contributed by atoms with van der Waals surface area (Å²) in [6, 6.07) is -0.644. The summed E-state index contributed by atoms with van der Waals surface area (Å²) >= 11 is 0. The van der Waals surface area contributed by atoms with Gasteiger partial charge in [-0.15, -0.1) is 0 Å². The first kappa shape index (κ1) is 60.6. The molecule has 0 saturated carbocycles. The van der Waals surface area contributed by atoms with E-state index in [4.69, 9.17) is 0 Å². The summed E-state index contributed by atoms with van der Waals surface area (Å²) in [6.07, 6.45) is 73.2. The first-order valence-corrected chi connectivity index (χ1v) is 28.2. The number of rotatable bonds is 52.